The minimum absolute atomic E-state index is 0.0229. The highest BCUT2D eigenvalue weighted by molar-refractivity contribution is 6.10. The summed E-state index contributed by atoms with van der Waals surface area (Å²) in [4.78, 5) is 17.2. The van der Waals surface area contributed by atoms with Crippen molar-refractivity contribution in [2.24, 2.45) is 7.05 Å². The molecule has 0 N–H and O–H groups in total. The molecule has 212 valence electrons. The third-order valence-corrected chi connectivity index (χ3v) is 8.15. The van der Waals surface area contributed by atoms with Gasteiger partial charge in [0.05, 0.1) is 37.5 Å². The molecule has 0 spiro atoms. The van der Waals surface area contributed by atoms with Gasteiger partial charge in [0.25, 0.3) is 5.91 Å². The van der Waals surface area contributed by atoms with Crippen LogP contribution in [0.3, 0.4) is 0 Å². The molecule has 3 aromatic rings. The first-order chi connectivity index (χ1) is 18.9. The fourth-order valence-corrected chi connectivity index (χ4v) is 6.02. The van der Waals surface area contributed by atoms with Crippen molar-refractivity contribution in [2.75, 3.05) is 37.8 Å². The number of hydrogen-bond donors (Lipinski definition) is 0. The lowest BCUT2D eigenvalue weighted by molar-refractivity contribution is -0.138. The molecule has 8 nitrogen and oxygen atoms in total. The number of alkyl halides is 3. The van der Waals surface area contributed by atoms with E-state index >= 15 is 0 Å². The molecule has 0 bridgehead atoms. The zero-order valence-corrected chi connectivity index (χ0v) is 22.8. The predicted octanol–water partition coefficient (Wildman–Crippen LogP) is 4.12. The second-order valence-electron chi connectivity index (χ2n) is 11.7. The van der Waals surface area contributed by atoms with Gasteiger partial charge in [0.1, 0.15) is 12.2 Å². The molecular weight excluding hydrogens is 523 g/mol. The number of nitrogens with zero attached hydrogens (tertiary/aromatic N) is 5. The SMILES string of the molecule is Cn1cnnc1CC1(c2cccc(N3Cc4c(cc(CN5CCOC(C)(C)C5)cc4C(F)(F)F)C3=O)c2)COC1. The van der Waals surface area contributed by atoms with Gasteiger partial charge < -0.3 is 18.9 Å². The van der Waals surface area contributed by atoms with Crippen LogP contribution in [0.15, 0.2) is 42.7 Å². The first-order valence-corrected chi connectivity index (χ1v) is 13.4. The number of halogens is 3. The maximum atomic E-state index is 14.3. The molecular formula is C29H32F3N5O3. The van der Waals surface area contributed by atoms with Crippen LogP contribution in [0.5, 0.6) is 0 Å². The number of carbonyl (C=O) groups excluding carboxylic acids is 1. The molecule has 4 heterocycles. The Morgan fingerprint density at radius 2 is 1.93 bits per heavy atom. The average molecular weight is 556 g/mol. The number of ether oxygens (including phenoxy) is 2. The van der Waals surface area contributed by atoms with Gasteiger partial charge in [0.15, 0.2) is 0 Å². The molecule has 0 unspecified atom stereocenters. The molecule has 0 aliphatic carbocycles. The second kappa shape index (κ2) is 9.67. The number of fused-ring (bicyclic) bond motifs is 1. The van der Waals surface area contributed by atoms with Crippen LogP contribution in [0.1, 0.15) is 52.3 Å². The van der Waals surface area contributed by atoms with Gasteiger partial charge in [-0.05, 0) is 54.8 Å². The van der Waals surface area contributed by atoms with Gasteiger partial charge in [-0.3, -0.25) is 9.69 Å². The number of hydrogen-bond acceptors (Lipinski definition) is 6. The summed E-state index contributed by atoms with van der Waals surface area (Å²) in [6, 6.07) is 10.3. The van der Waals surface area contributed by atoms with Crippen molar-refractivity contribution in [3.8, 4) is 0 Å². The molecule has 6 rings (SSSR count). The molecule has 2 aromatic carbocycles. The number of benzene rings is 2. The van der Waals surface area contributed by atoms with Crippen molar-refractivity contribution in [3.05, 3.63) is 76.4 Å². The van der Waals surface area contributed by atoms with E-state index in [0.29, 0.717) is 57.1 Å². The fourth-order valence-electron chi connectivity index (χ4n) is 6.02. The Labute approximate surface area is 230 Å². The molecule has 2 fully saturated rings. The maximum Gasteiger partial charge on any atom is 0.416 e. The van der Waals surface area contributed by atoms with Crippen LogP contribution in [0.25, 0.3) is 0 Å². The van der Waals surface area contributed by atoms with E-state index in [-0.39, 0.29) is 28.7 Å². The summed E-state index contributed by atoms with van der Waals surface area (Å²) in [6.07, 6.45) is -2.33. The standard InChI is InChI=1S/C29H32F3N5O3/c1-27(2)15-36(7-8-40-27)13-19-9-22-23(24(10-19)29(30,31)32)14-37(26(22)38)21-6-4-5-20(11-21)28(16-39-17-28)12-25-34-33-18-35(25)3/h4-6,9-11,18H,7-8,12-17H2,1-3H3. The molecule has 1 aromatic heterocycles. The first-order valence-electron chi connectivity index (χ1n) is 13.4. The van der Waals surface area contributed by atoms with Crippen molar-refractivity contribution in [3.63, 3.8) is 0 Å². The van der Waals surface area contributed by atoms with Gasteiger partial charge >= 0.3 is 6.18 Å². The number of rotatable bonds is 6. The normalized spacial score (nSPS) is 20.4. The molecule has 2 saturated heterocycles. The second-order valence-corrected chi connectivity index (χ2v) is 11.7. The number of amides is 1. The number of aromatic nitrogens is 3. The monoisotopic (exact) mass is 555 g/mol. The van der Waals surface area contributed by atoms with Crippen LogP contribution in [0.4, 0.5) is 18.9 Å². The Morgan fingerprint density at radius 3 is 2.58 bits per heavy atom. The summed E-state index contributed by atoms with van der Waals surface area (Å²) in [6.45, 7) is 6.80. The van der Waals surface area contributed by atoms with Gasteiger partial charge in [-0.15, -0.1) is 10.2 Å². The molecule has 40 heavy (non-hydrogen) atoms. The summed E-state index contributed by atoms with van der Waals surface area (Å²) >= 11 is 0. The number of aryl methyl sites for hydroxylation is 1. The summed E-state index contributed by atoms with van der Waals surface area (Å²) < 4.78 is 56.0. The zero-order valence-electron chi connectivity index (χ0n) is 22.8. The maximum absolute atomic E-state index is 14.3. The van der Waals surface area contributed by atoms with E-state index in [2.05, 4.69) is 15.1 Å². The van der Waals surface area contributed by atoms with Crippen molar-refractivity contribution >= 4 is 11.6 Å². The van der Waals surface area contributed by atoms with Gasteiger partial charge in [-0.25, -0.2) is 0 Å². The van der Waals surface area contributed by atoms with Crippen molar-refractivity contribution in [1.82, 2.24) is 19.7 Å². The van der Waals surface area contributed by atoms with Crippen molar-refractivity contribution in [2.45, 2.75) is 50.6 Å². The number of carbonyl (C=O) groups is 1. The predicted molar refractivity (Wildman–Crippen MR) is 141 cm³/mol. The highest BCUT2D eigenvalue weighted by atomic mass is 19.4. The summed E-state index contributed by atoms with van der Waals surface area (Å²) in [5.41, 5.74) is 0.658. The topological polar surface area (TPSA) is 72.7 Å². The molecule has 0 radical (unpaired) electrons. The van der Waals surface area contributed by atoms with Gasteiger partial charge in [-0.2, -0.15) is 13.2 Å². The lowest BCUT2D eigenvalue weighted by atomic mass is 9.75. The Kier molecular flexibility index (Phi) is 6.51. The minimum Gasteiger partial charge on any atom is -0.379 e. The molecule has 3 aliphatic rings. The van der Waals surface area contributed by atoms with Gasteiger partial charge in [0, 0.05) is 49.8 Å². The Bertz CT molecular complexity index is 1450. The van der Waals surface area contributed by atoms with Crippen LogP contribution in [0.2, 0.25) is 0 Å². The van der Waals surface area contributed by atoms with Gasteiger partial charge in [-0.1, -0.05) is 12.1 Å². The van der Waals surface area contributed by atoms with Crippen LogP contribution in [0, 0.1) is 0 Å². The van der Waals surface area contributed by atoms with E-state index < -0.39 is 17.6 Å². The molecule has 11 heteroatoms. The lowest BCUT2D eigenvalue weighted by Crippen LogP contribution is -2.49. The molecule has 3 aliphatic heterocycles. The van der Waals surface area contributed by atoms with Crippen LogP contribution in [-0.2, 0) is 47.6 Å². The van der Waals surface area contributed by atoms with E-state index in [1.54, 1.807) is 18.5 Å². The fraction of sp³-hybridized carbons (Fsp3) is 0.483. The Hall–Kier alpha value is -3.28. The summed E-state index contributed by atoms with van der Waals surface area (Å²) in [5.74, 6) is 0.387. The third kappa shape index (κ3) is 4.90. The highest BCUT2D eigenvalue weighted by Gasteiger charge is 2.44. The number of anilines is 1. The van der Waals surface area contributed by atoms with E-state index in [0.717, 1.165) is 11.4 Å². The van der Waals surface area contributed by atoms with Crippen LogP contribution in [-0.4, -0.2) is 64.1 Å². The van der Waals surface area contributed by atoms with E-state index in [9.17, 15) is 18.0 Å². The quantitative estimate of drug-likeness (QED) is 0.456. The van der Waals surface area contributed by atoms with E-state index in [4.69, 9.17) is 9.47 Å². The molecule has 1 amide bonds. The van der Waals surface area contributed by atoms with Crippen LogP contribution < -0.4 is 4.90 Å². The van der Waals surface area contributed by atoms with Gasteiger partial charge in [0.2, 0.25) is 0 Å². The number of morpholine rings is 1. The first kappa shape index (κ1) is 26.9. The van der Waals surface area contributed by atoms with Crippen molar-refractivity contribution in [1.29, 1.82) is 0 Å². The van der Waals surface area contributed by atoms with Crippen molar-refractivity contribution < 1.29 is 27.4 Å². The Balaban J connectivity index is 1.31. The molecule has 0 atom stereocenters. The zero-order chi connectivity index (χ0) is 28.3. The smallest absolute Gasteiger partial charge is 0.379 e. The molecule has 0 saturated carbocycles. The highest BCUT2D eigenvalue weighted by Crippen LogP contribution is 2.42. The average Bonchev–Trinajstić information content (AvgIpc) is 3.42. The Morgan fingerprint density at radius 1 is 1.12 bits per heavy atom. The minimum atomic E-state index is -4.58. The van der Waals surface area contributed by atoms with E-state index in [1.807, 2.05) is 43.7 Å². The van der Waals surface area contributed by atoms with Crippen LogP contribution >= 0.6 is 0 Å². The lowest BCUT2D eigenvalue weighted by Gasteiger charge is -2.42. The summed E-state index contributed by atoms with van der Waals surface area (Å²) in [5, 5.41) is 8.18. The largest absolute Gasteiger partial charge is 0.416 e. The van der Waals surface area contributed by atoms with E-state index in [1.165, 1.54) is 11.0 Å². The summed E-state index contributed by atoms with van der Waals surface area (Å²) in [7, 11) is 1.88. The third-order valence-electron chi connectivity index (χ3n) is 8.15.